The number of allylic oxidation sites excluding steroid dienone is 2. The molecule has 0 aromatic carbocycles. The molecule has 2 fully saturated rings. The molecule has 4 rings (SSSR count). The van der Waals surface area contributed by atoms with Gasteiger partial charge in [-0.1, -0.05) is 18.1 Å². The van der Waals surface area contributed by atoms with Gasteiger partial charge in [0.15, 0.2) is 0 Å². The zero-order valence-electron chi connectivity index (χ0n) is 8.19. The van der Waals surface area contributed by atoms with Gasteiger partial charge in [0.25, 0.3) is 0 Å². The Labute approximate surface area is 75.0 Å². The van der Waals surface area contributed by atoms with E-state index in [4.69, 9.17) is 0 Å². The van der Waals surface area contributed by atoms with E-state index < -0.39 is 0 Å². The second kappa shape index (κ2) is 1.97. The maximum absolute atomic E-state index is 2.50. The van der Waals surface area contributed by atoms with Gasteiger partial charge in [0.1, 0.15) is 0 Å². The van der Waals surface area contributed by atoms with Crippen LogP contribution in [0.1, 0.15) is 46.0 Å². The summed E-state index contributed by atoms with van der Waals surface area (Å²) in [5.74, 6) is 2.14. The topological polar surface area (TPSA) is 0 Å². The Morgan fingerprint density at radius 3 is 2.25 bits per heavy atom. The SMILES string of the molecule is CC1=C2CC3CC(C2)CC1(C)C3. The fourth-order valence-electron chi connectivity index (χ4n) is 4.13. The monoisotopic (exact) mass is 162 g/mol. The first kappa shape index (κ1) is 7.17. The number of hydrogen-bond acceptors (Lipinski definition) is 0. The molecule has 66 valence electrons. The molecule has 0 heterocycles. The molecule has 0 nitrogen and oxygen atoms in total. The lowest BCUT2D eigenvalue weighted by molar-refractivity contribution is 0.0886. The third-order valence-corrected chi connectivity index (χ3v) is 4.65. The van der Waals surface area contributed by atoms with E-state index >= 15 is 0 Å². The zero-order valence-corrected chi connectivity index (χ0v) is 8.19. The summed E-state index contributed by atoms with van der Waals surface area (Å²) < 4.78 is 0. The molecule has 0 heteroatoms. The fraction of sp³-hybridized carbons (Fsp3) is 0.833. The first-order chi connectivity index (χ1) is 5.67. The van der Waals surface area contributed by atoms with Gasteiger partial charge in [-0.2, -0.15) is 0 Å². The first-order valence-electron chi connectivity index (χ1n) is 5.36. The maximum Gasteiger partial charge on any atom is -0.0111 e. The summed E-state index contributed by atoms with van der Waals surface area (Å²) in [5, 5.41) is 0. The van der Waals surface area contributed by atoms with E-state index in [0.29, 0.717) is 5.41 Å². The van der Waals surface area contributed by atoms with Crippen molar-refractivity contribution in [3.63, 3.8) is 0 Å². The fourth-order valence-corrected chi connectivity index (χ4v) is 4.13. The first-order valence-corrected chi connectivity index (χ1v) is 5.36. The van der Waals surface area contributed by atoms with E-state index in [1.165, 1.54) is 25.7 Å². The van der Waals surface area contributed by atoms with Crippen LogP contribution in [0.25, 0.3) is 0 Å². The van der Waals surface area contributed by atoms with E-state index in [-0.39, 0.29) is 0 Å². The summed E-state index contributed by atoms with van der Waals surface area (Å²) in [6.45, 7) is 4.90. The van der Waals surface area contributed by atoms with Crippen molar-refractivity contribution < 1.29 is 0 Å². The van der Waals surface area contributed by atoms with Crippen LogP contribution < -0.4 is 0 Å². The highest BCUT2D eigenvalue weighted by Gasteiger charge is 2.46. The Balaban J connectivity index is 2.13. The quantitative estimate of drug-likeness (QED) is 0.478. The Morgan fingerprint density at radius 2 is 1.75 bits per heavy atom. The van der Waals surface area contributed by atoms with Gasteiger partial charge in [0.05, 0.1) is 0 Å². The minimum atomic E-state index is 0.638. The lowest BCUT2D eigenvalue weighted by Crippen LogP contribution is -2.41. The van der Waals surface area contributed by atoms with Crippen molar-refractivity contribution in [3.05, 3.63) is 11.1 Å². The van der Waals surface area contributed by atoms with Gasteiger partial charge in [-0.3, -0.25) is 0 Å². The molecule has 0 aliphatic heterocycles. The van der Waals surface area contributed by atoms with Crippen LogP contribution >= 0.6 is 0 Å². The lowest BCUT2D eigenvalue weighted by Gasteiger charge is -2.53. The molecule has 12 heavy (non-hydrogen) atoms. The summed E-state index contributed by atoms with van der Waals surface area (Å²) >= 11 is 0. The highest BCUT2D eigenvalue weighted by atomic mass is 14.5. The van der Waals surface area contributed by atoms with Crippen LogP contribution in [0.15, 0.2) is 11.1 Å². The number of rotatable bonds is 0. The average molecular weight is 162 g/mol. The Kier molecular flexibility index (Phi) is 1.18. The molecule has 2 saturated carbocycles. The van der Waals surface area contributed by atoms with Gasteiger partial charge in [-0.15, -0.1) is 0 Å². The van der Waals surface area contributed by atoms with Gasteiger partial charge in [-0.25, -0.2) is 0 Å². The van der Waals surface area contributed by atoms with Crippen molar-refractivity contribution in [2.24, 2.45) is 17.3 Å². The molecule has 0 N–H and O–H groups in total. The molecular weight excluding hydrogens is 144 g/mol. The van der Waals surface area contributed by atoms with Gasteiger partial charge < -0.3 is 0 Å². The van der Waals surface area contributed by atoms with Crippen molar-refractivity contribution in [3.8, 4) is 0 Å². The van der Waals surface area contributed by atoms with Crippen LogP contribution in [0.2, 0.25) is 0 Å². The standard InChI is InChI=1S/C12H18/c1-8-11-4-9-3-10(5-11)7-12(8,2)6-9/h9-10H,3-7H2,1-2H3. The molecule has 0 aromatic rings. The third kappa shape index (κ3) is 0.739. The van der Waals surface area contributed by atoms with Gasteiger partial charge in [0, 0.05) is 0 Å². The molecule has 4 bridgehead atoms. The highest BCUT2D eigenvalue weighted by Crippen LogP contribution is 2.59. The van der Waals surface area contributed by atoms with Crippen molar-refractivity contribution in [1.82, 2.24) is 0 Å². The number of hydrogen-bond donors (Lipinski definition) is 0. The van der Waals surface area contributed by atoms with Crippen LogP contribution in [0.4, 0.5) is 0 Å². The van der Waals surface area contributed by atoms with Crippen molar-refractivity contribution in [2.45, 2.75) is 46.0 Å². The largest absolute Gasteiger partial charge is 0.0702 e. The summed E-state index contributed by atoms with van der Waals surface area (Å²) in [4.78, 5) is 0. The Morgan fingerprint density at radius 1 is 1.17 bits per heavy atom. The van der Waals surface area contributed by atoms with E-state index in [1.807, 2.05) is 5.57 Å². The molecule has 0 aromatic heterocycles. The smallest absolute Gasteiger partial charge is 0.0111 e. The van der Waals surface area contributed by atoms with Crippen molar-refractivity contribution >= 4 is 0 Å². The molecule has 4 aliphatic rings. The maximum atomic E-state index is 2.50. The van der Waals surface area contributed by atoms with E-state index in [2.05, 4.69) is 13.8 Å². The Hall–Kier alpha value is -0.260. The molecule has 0 saturated heterocycles. The molecular formula is C12H18. The third-order valence-electron chi connectivity index (χ3n) is 4.65. The zero-order chi connectivity index (χ0) is 8.34. The average Bonchev–Trinajstić information content (AvgIpc) is 1.98. The normalized spacial score (nSPS) is 50.5. The van der Waals surface area contributed by atoms with Crippen LogP contribution in [0.5, 0.6) is 0 Å². The molecule has 2 unspecified atom stereocenters. The molecule has 0 spiro atoms. The summed E-state index contributed by atoms with van der Waals surface area (Å²) in [7, 11) is 0. The lowest BCUT2D eigenvalue weighted by atomic mass is 9.52. The second-order valence-corrected chi connectivity index (χ2v) is 5.57. The van der Waals surface area contributed by atoms with E-state index in [1.54, 1.807) is 12.0 Å². The van der Waals surface area contributed by atoms with Crippen LogP contribution in [0.3, 0.4) is 0 Å². The van der Waals surface area contributed by atoms with Gasteiger partial charge in [-0.05, 0) is 56.3 Å². The highest BCUT2D eigenvalue weighted by molar-refractivity contribution is 5.29. The minimum absolute atomic E-state index is 0.638. The molecule has 0 radical (unpaired) electrons. The Bertz CT molecular complexity index is 243. The molecule has 2 atom stereocenters. The van der Waals surface area contributed by atoms with Crippen LogP contribution in [-0.4, -0.2) is 0 Å². The predicted molar refractivity (Wildman–Crippen MR) is 50.9 cm³/mol. The summed E-state index contributed by atoms with van der Waals surface area (Å²) in [6.07, 6.45) is 7.46. The molecule has 4 aliphatic carbocycles. The summed E-state index contributed by atoms with van der Waals surface area (Å²) in [5.41, 5.74) is 4.25. The second-order valence-electron chi connectivity index (χ2n) is 5.57. The van der Waals surface area contributed by atoms with Crippen molar-refractivity contribution in [1.29, 1.82) is 0 Å². The van der Waals surface area contributed by atoms with E-state index in [9.17, 15) is 0 Å². The molecule has 0 amide bonds. The summed E-state index contributed by atoms with van der Waals surface area (Å²) in [6, 6.07) is 0. The minimum Gasteiger partial charge on any atom is -0.0702 e. The van der Waals surface area contributed by atoms with Crippen molar-refractivity contribution in [2.75, 3.05) is 0 Å². The van der Waals surface area contributed by atoms with Gasteiger partial charge in [0.2, 0.25) is 0 Å². The van der Waals surface area contributed by atoms with Crippen LogP contribution in [-0.2, 0) is 0 Å². The van der Waals surface area contributed by atoms with Gasteiger partial charge >= 0.3 is 0 Å². The predicted octanol–water partition coefficient (Wildman–Crippen LogP) is 3.53. The van der Waals surface area contributed by atoms with Crippen LogP contribution in [0, 0.1) is 17.3 Å². The van der Waals surface area contributed by atoms with E-state index in [0.717, 1.165) is 11.8 Å².